The van der Waals surface area contributed by atoms with E-state index in [1.54, 1.807) is 12.1 Å². The fourth-order valence-electron chi connectivity index (χ4n) is 1.99. The Morgan fingerprint density at radius 1 is 1.09 bits per heavy atom. The highest BCUT2D eigenvalue weighted by Crippen LogP contribution is 2.15. The summed E-state index contributed by atoms with van der Waals surface area (Å²) in [5.41, 5.74) is 2.57. The smallest absolute Gasteiger partial charge is 0.257 e. The molecule has 3 rings (SSSR count). The molecule has 0 fully saturated rings. The molecule has 0 unspecified atom stereocenters. The summed E-state index contributed by atoms with van der Waals surface area (Å²) in [4.78, 5) is 16.3. The van der Waals surface area contributed by atoms with Gasteiger partial charge >= 0.3 is 0 Å². The van der Waals surface area contributed by atoms with Crippen molar-refractivity contribution in [2.75, 3.05) is 0 Å². The summed E-state index contributed by atoms with van der Waals surface area (Å²) < 4.78 is 5.19. The number of rotatable bonds is 4. The molecule has 5 nitrogen and oxygen atoms in total. The van der Waals surface area contributed by atoms with Crippen LogP contribution >= 0.6 is 0 Å². The van der Waals surface area contributed by atoms with Crippen molar-refractivity contribution in [1.82, 2.24) is 15.5 Å². The molecule has 0 saturated heterocycles. The lowest BCUT2D eigenvalue weighted by molar-refractivity contribution is 0.0949. The Hall–Kier alpha value is -2.95. The number of nitrogens with one attached hydrogen (secondary N) is 1. The molecular formula is C17H15N3O2. The van der Waals surface area contributed by atoms with Crippen LogP contribution in [0.15, 0.2) is 59.1 Å². The lowest BCUT2D eigenvalue weighted by Gasteiger charge is -2.02. The number of carbonyl (C=O) groups excluding carboxylic acids is 1. The minimum Gasteiger partial charge on any atom is -0.345 e. The first-order chi connectivity index (χ1) is 10.7. The molecule has 0 aliphatic carbocycles. The van der Waals surface area contributed by atoms with E-state index in [1.165, 1.54) is 0 Å². The predicted octanol–water partition coefficient (Wildman–Crippen LogP) is 2.98. The van der Waals surface area contributed by atoms with Gasteiger partial charge in [0.1, 0.15) is 0 Å². The third-order valence-electron chi connectivity index (χ3n) is 3.21. The number of hydrogen-bond donors (Lipinski definition) is 1. The van der Waals surface area contributed by atoms with E-state index in [9.17, 15) is 4.79 Å². The fraction of sp³-hybridized carbons (Fsp3) is 0.118. The second-order valence-electron chi connectivity index (χ2n) is 4.93. The summed E-state index contributed by atoms with van der Waals surface area (Å²) in [7, 11) is 0. The Morgan fingerprint density at radius 3 is 2.55 bits per heavy atom. The van der Waals surface area contributed by atoms with E-state index in [0.717, 1.165) is 11.1 Å². The number of nitrogens with zero attached hydrogens (tertiary/aromatic N) is 2. The number of benzene rings is 2. The highest BCUT2D eigenvalue weighted by molar-refractivity contribution is 5.94. The Labute approximate surface area is 128 Å². The highest BCUT2D eigenvalue weighted by Gasteiger charge is 2.10. The standard InChI is InChI=1S/C17H15N3O2/c1-12-7-9-13(10-8-12)16(21)18-11-15-19-17(22-20-15)14-5-3-2-4-6-14/h2-10H,11H2,1H3,(H,18,21). The molecule has 1 amide bonds. The largest absolute Gasteiger partial charge is 0.345 e. The molecule has 0 bridgehead atoms. The van der Waals surface area contributed by atoms with Crippen LogP contribution in [0.1, 0.15) is 21.7 Å². The zero-order chi connectivity index (χ0) is 15.4. The van der Waals surface area contributed by atoms with Crippen molar-refractivity contribution in [2.24, 2.45) is 0 Å². The second kappa shape index (κ2) is 6.22. The summed E-state index contributed by atoms with van der Waals surface area (Å²) in [5.74, 6) is 0.727. The van der Waals surface area contributed by atoms with Crippen LogP contribution in [0.25, 0.3) is 11.5 Å². The van der Waals surface area contributed by atoms with Crippen molar-refractivity contribution in [2.45, 2.75) is 13.5 Å². The van der Waals surface area contributed by atoms with E-state index in [2.05, 4.69) is 15.5 Å². The van der Waals surface area contributed by atoms with Crippen molar-refractivity contribution < 1.29 is 9.32 Å². The van der Waals surface area contributed by atoms with Gasteiger partial charge in [-0.3, -0.25) is 4.79 Å². The zero-order valence-electron chi connectivity index (χ0n) is 12.1. The van der Waals surface area contributed by atoms with Crippen LogP contribution in [0.3, 0.4) is 0 Å². The quantitative estimate of drug-likeness (QED) is 0.803. The van der Waals surface area contributed by atoms with Gasteiger partial charge in [0.15, 0.2) is 5.82 Å². The van der Waals surface area contributed by atoms with Gasteiger partial charge in [-0.1, -0.05) is 41.1 Å². The van der Waals surface area contributed by atoms with Crippen molar-refractivity contribution in [3.8, 4) is 11.5 Å². The molecule has 0 aliphatic heterocycles. The van der Waals surface area contributed by atoms with Crippen molar-refractivity contribution in [1.29, 1.82) is 0 Å². The maximum Gasteiger partial charge on any atom is 0.257 e. The molecule has 0 aliphatic rings. The van der Waals surface area contributed by atoms with Gasteiger partial charge in [-0.2, -0.15) is 4.98 Å². The van der Waals surface area contributed by atoms with Crippen LogP contribution in [0.5, 0.6) is 0 Å². The summed E-state index contributed by atoms with van der Waals surface area (Å²) >= 11 is 0. The van der Waals surface area contributed by atoms with Gasteiger partial charge in [0, 0.05) is 11.1 Å². The van der Waals surface area contributed by atoms with E-state index in [1.807, 2.05) is 49.4 Å². The zero-order valence-corrected chi connectivity index (χ0v) is 12.1. The molecule has 1 heterocycles. The molecule has 5 heteroatoms. The summed E-state index contributed by atoms with van der Waals surface area (Å²) in [5, 5.41) is 6.65. The van der Waals surface area contributed by atoms with Gasteiger partial charge in [-0.15, -0.1) is 0 Å². The molecular weight excluding hydrogens is 278 g/mol. The maximum atomic E-state index is 12.0. The Bertz CT molecular complexity index is 764. The summed E-state index contributed by atoms with van der Waals surface area (Å²) in [6.45, 7) is 2.20. The minimum absolute atomic E-state index is 0.161. The molecule has 22 heavy (non-hydrogen) atoms. The summed E-state index contributed by atoms with van der Waals surface area (Å²) in [6.07, 6.45) is 0. The van der Waals surface area contributed by atoms with Crippen LogP contribution in [0.4, 0.5) is 0 Å². The highest BCUT2D eigenvalue weighted by atomic mass is 16.5. The Morgan fingerprint density at radius 2 is 1.82 bits per heavy atom. The first-order valence-corrected chi connectivity index (χ1v) is 6.95. The van der Waals surface area contributed by atoms with Gasteiger partial charge in [0.2, 0.25) is 0 Å². The Balaban J connectivity index is 1.64. The van der Waals surface area contributed by atoms with Crippen LogP contribution in [-0.4, -0.2) is 16.0 Å². The van der Waals surface area contributed by atoms with Crippen molar-refractivity contribution in [3.63, 3.8) is 0 Å². The molecule has 2 aromatic carbocycles. The third-order valence-corrected chi connectivity index (χ3v) is 3.21. The van der Waals surface area contributed by atoms with Gasteiger partial charge in [-0.05, 0) is 31.2 Å². The molecule has 1 N–H and O–H groups in total. The number of aryl methyl sites for hydroxylation is 1. The van der Waals surface area contributed by atoms with E-state index >= 15 is 0 Å². The van der Waals surface area contributed by atoms with E-state index < -0.39 is 0 Å². The molecule has 0 spiro atoms. The average Bonchev–Trinajstić information content (AvgIpc) is 3.03. The van der Waals surface area contributed by atoms with E-state index in [4.69, 9.17) is 4.52 Å². The number of amides is 1. The first kappa shape index (κ1) is 14.0. The lowest BCUT2D eigenvalue weighted by Crippen LogP contribution is -2.23. The topological polar surface area (TPSA) is 68.0 Å². The normalized spacial score (nSPS) is 10.4. The molecule has 0 atom stereocenters. The number of aromatic nitrogens is 2. The van der Waals surface area contributed by atoms with Crippen LogP contribution < -0.4 is 5.32 Å². The lowest BCUT2D eigenvalue weighted by atomic mass is 10.1. The van der Waals surface area contributed by atoms with Gasteiger partial charge in [0.25, 0.3) is 11.8 Å². The van der Waals surface area contributed by atoms with E-state index in [0.29, 0.717) is 17.3 Å². The average molecular weight is 293 g/mol. The molecule has 0 saturated carbocycles. The SMILES string of the molecule is Cc1ccc(C(=O)NCc2noc(-c3ccccc3)n2)cc1. The molecule has 3 aromatic rings. The number of carbonyl (C=O) groups is 1. The molecule has 110 valence electrons. The first-order valence-electron chi connectivity index (χ1n) is 6.95. The monoisotopic (exact) mass is 293 g/mol. The molecule has 1 aromatic heterocycles. The van der Waals surface area contributed by atoms with Crippen LogP contribution in [-0.2, 0) is 6.54 Å². The predicted molar refractivity (Wildman–Crippen MR) is 82.1 cm³/mol. The van der Waals surface area contributed by atoms with Crippen LogP contribution in [0, 0.1) is 6.92 Å². The summed E-state index contributed by atoms with van der Waals surface area (Å²) in [6, 6.07) is 16.9. The third kappa shape index (κ3) is 3.20. The van der Waals surface area contributed by atoms with Gasteiger partial charge < -0.3 is 9.84 Å². The maximum absolute atomic E-state index is 12.0. The van der Waals surface area contributed by atoms with Gasteiger partial charge in [0.05, 0.1) is 6.54 Å². The molecule has 0 radical (unpaired) electrons. The minimum atomic E-state index is -0.161. The van der Waals surface area contributed by atoms with Crippen molar-refractivity contribution >= 4 is 5.91 Å². The van der Waals surface area contributed by atoms with Crippen LogP contribution in [0.2, 0.25) is 0 Å². The second-order valence-corrected chi connectivity index (χ2v) is 4.93. The van der Waals surface area contributed by atoms with E-state index in [-0.39, 0.29) is 12.5 Å². The Kier molecular flexibility index (Phi) is 3.96. The fourth-order valence-corrected chi connectivity index (χ4v) is 1.99. The van der Waals surface area contributed by atoms with Gasteiger partial charge in [-0.25, -0.2) is 0 Å². The van der Waals surface area contributed by atoms with Crippen molar-refractivity contribution in [3.05, 3.63) is 71.5 Å². The number of hydrogen-bond acceptors (Lipinski definition) is 4.